The third-order valence-corrected chi connectivity index (χ3v) is 3.44. The van der Waals surface area contributed by atoms with Gasteiger partial charge in [-0.3, -0.25) is 4.79 Å². The molecule has 1 heterocycles. The van der Waals surface area contributed by atoms with Crippen LogP contribution in [0.3, 0.4) is 0 Å². The lowest BCUT2D eigenvalue weighted by molar-refractivity contribution is -0.115. The Morgan fingerprint density at radius 3 is 2.74 bits per heavy atom. The summed E-state index contributed by atoms with van der Waals surface area (Å²) in [7, 11) is 0. The molecule has 0 saturated heterocycles. The summed E-state index contributed by atoms with van der Waals surface area (Å²) in [6.07, 6.45) is 0.360. The van der Waals surface area contributed by atoms with Crippen LogP contribution in [0.1, 0.15) is 18.2 Å². The van der Waals surface area contributed by atoms with Gasteiger partial charge in [0.1, 0.15) is 0 Å². The number of nitrogens with one attached hydrogen (secondary N) is 1. The maximum Gasteiger partial charge on any atom is 0.225 e. The molecule has 0 atom stereocenters. The molecule has 6 heteroatoms. The molecule has 3 nitrogen and oxygen atoms in total. The van der Waals surface area contributed by atoms with Crippen molar-refractivity contribution in [3.8, 4) is 11.3 Å². The van der Waals surface area contributed by atoms with E-state index in [0.717, 1.165) is 17.0 Å². The average molecular weight is 282 g/mol. The molecule has 0 aliphatic carbocycles. The lowest BCUT2D eigenvalue weighted by Gasteiger charge is -2.00. The number of aromatic nitrogens is 1. The van der Waals surface area contributed by atoms with Crippen LogP contribution in [0, 0.1) is 18.6 Å². The highest BCUT2D eigenvalue weighted by Gasteiger charge is 2.13. The van der Waals surface area contributed by atoms with Gasteiger partial charge in [0.15, 0.2) is 16.8 Å². The average Bonchev–Trinajstić information content (AvgIpc) is 2.73. The van der Waals surface area contributed by atoms with Gasteiger partial charge in [-0.1, -0.05) is 6.92 Å². The van der Waals surface area contributed by atoms with Crippen LogP contribution in [0.2, 0.25) is 0 Å². The van der Waals surface area contributed by atoms with Crippen molar-refractivity contribution in [2.75, 3.05) is 5.32 Å². The first kappa shape index (κ1) is 13.6. The smallest absolute Gasteiger partial charge is 0.225 e. The summed E-state index contributed by atoms with van der Waals surface area (Å²) in [4.78, 5) is 16.4. The lowest BCUT2D eigenvalue weighted by Crippen LogP contribution is -2.08. The molecule has 0 aliphatic heterocycles. The quantitative estimate of drug-likeness (QED) is 0.931. The fourth-order valence-electron chi connectivity index (χ4n) is 1.57. The van der Waals surface area contributed by atoms with Crippen LogP contribution in [0.15, 0.2) is 18.2 Å². The largest absolute Gasteiger partial charge is 0.302 e. The van der Waals surface area contributed by atoms with Gasteiger partial charge in [0.05, 0.1) is 5.69 Å². The van der Waals surface area contributed by atoms with Crippen molar-refractivity contribution in [3.63, 3.8) is 0 Å². The number of carbonyl (C=O) groups is 1. The van der Waals surface area contributed by atoms with Crippen LogP contribution in [-0.4, -0.2) is 10.9 Å². The second kappa shape index (κ2) is 5.44. The Kier molecular flexibility index (Phi) is 3.90. The van der Waals surface area contributed by atoms with Gasteiger partial charge < -0.3 is 5.32 Å². The van der Waals surface area contributed by atoms with E-state index in [1.807, 2.05) is 6.92 Å². The van der Waals surface area contributed by atoms with E-state index in [-0.39, 0.29) is 5.91 Å². The molecule has 1 aromatic heterocycles. The van der Waals surface area contributed by atoms with Crippen LogP contribution < -0.4 is 5.32 Å². The zero-order valence-corrected chi connectivity index (χ0v) is 11.3. The van der Waals surface area contributed by atoms with Crippen molar-refractivity contribution in [3.05, 3.63) is 34.7 Å². The van der Waals surface area contributed by atoms with Crippen molar-refractivity contribution in [1.29, 1.82) is 0 Å². The summed E-state index contributed by atoms with van der Waals surface area (Å²) in [5.74, 6) is -1.94. The molecule has 1 N–H and O–H groups in total. The number of carbonyl (C=O) groups excluding carboxylic acids is 1. The van der Waals surface area contributed by atoms with E-state index in [2.05, 4.69) is 10.3 Å². The minimum atomic E-state index is -0.913. The highest BCUT2D eigenvalue weighted by molar-refractivity contribution is 7.16. The molecule has 0 aliphatic rings. The number of anilines is 1. The Morgan fingerprint density at radius 2 is 2.11 bits per heavy atom. The Labute approximate surface area is 113 Å². The van der Waals surface area contributed by atoms with Crippen LogP contribution in [0.25, 0.3) is 11.3 Å². The molecule has 1 aromatic carbocycles. The summed E-state index contributed by atoms with van der Waals surface area (Å²) < 4.78 is 26.1. The Bertz CT molecular complexity index is 625. The number of amides is 1. The van der Waals surface area contributed by atoms with Crippen LogP contribution in [-0.2, 0) is 4.79 Å². The number of halogens is 2. The van der Waals surface area contributed by atoms with Crippen molar-refractivity contribution in [2.24, 2.45) is 0 Å². The highest BCUT2D eigenvalue weighted by atomic mass is 32.1. The number of aryl methyl sites for hydroxylation is 1. The molecular weight excluding hydrogens is 270 g/mol. The third-order valence-electron chi connectivity index (χ3n) is 2.56. The number of thiazole rings is 1. The van der Waals surface area contributed by atoms with Gasteiger partial charge in [-0.15, -0.1) is 11.3 Å². The van der Waals surface area contributed by atoms with E-state index >= 15 is 0 Å². The van der Waals surface area contributed by atoms with Gasteiger partial charge in [-0.25, -0.2) is 13.8 Å². The Morgan fingerprint density at radius 1 is 1.37 bits per heavy atom. The minimum Gasteiger partial charge on any atom is -0.302 e. The van der Waals surface area contributed by atoms with E-state index in [1.165, 1.54) is 17.4 Å². The van der Waals surface area contributed by atoms with Crippen molar-refractivity contribution in [2.45, 2.75) is 20.3 Å². The molecule has 0 saturated carbocycles. The van der Waals surface area contributed by atoms with Crippen LogP contribution >= 0.6 is 11.3 Å². The SMILES string of the molecule is CCC(=O)Nc1nc(-c2ccc(F)c(F)c2)c(C)s1. The van der Waals surface area contributed by atoms with Crippen molar-refractivity contribution < 1.29 is 13.6 Å². The normalized spacial score (nSPS) is 10.5. The number of hydrogen-bond acceptors (Lipinski definition) is 3. The Hall–Kier alpha value is -1.82. The highest BCUT2D eigenvalue weighted by Crippen LogP contribution is 2.31. The number of benzene rings is 1. The molecule has 0 unspecified atom stereocenters. The lowest BCUT2D eigenvalue weighted by atomic mass is 10.1. The van der Waals surface area contributed by atoms with Crippen LogP contribution in [0.5, 0.6) is 0 Å². The summed E-state index contributed by atoms with van der Waals surface area (Å²) in [5, 5.41) is 3.11. The zero-order chi connectivity index (χ0) is 14.0. The third kappa shape index (κ3) is 2.96. The standard InChI is InChI=1S/C13H12F2N2OS/c1-3-11(18)16-13-17-12(7(2)19-13)8-4-5-9(14)10(15)6-8/h4-6H,3H2,1-2H3,(H,16,17,18). The van der Waals surface area contributed by atoms with Crippen molar-refractivity contribution >= 4 is 22.4 Å². The second-order valence-corrected chi connectivity index (χ2v) is 5.16. The summed E-state index contributed by atoms with van der Waals surface area (Å²) in [5.41, 5.74) is 1.04. The monoisotopic (exact) mass is 282 g/mol. The predicted molar refractivity (Wildman–Crippen MR) is 71.1 cm³/mol. The minimum absolute atomic E-state index is 0.134. The van der Waals surface area contributed by atoms with Gasteiger partial charge >= 0.3 is 0 Å². The molecule has 0 spiro atoms. The first-order valence-corrected chi connectivity index (χ1v) is 6.55. The summed E-state index contributed by atoms with van der Waals surface area (Å²) in [6, 6.07) is 3.63. The van der Waals surface area contributed by atoms with Gasteiger partial charge in [-0.05, 0) is 25.1 Å². The molecule has 0 fully saturated rings. The number of hydrogen-bond donors (Lipinski definition) is 1. The number of nitrogens with zero attached hydrogens (tertiary/aromatic N) is 1. The summed E-state index contributed by atoms with van der Waals surface area (Å²) >= 11 is 1.30. The maximum atomic E-state index is 13.2. The van der Waals surface area contributed by atoms with Crippen LogP contribution in [0.4, 0.5) is 13.9 Å². The molecule has 0 bridgehead atoms. The molecule has 19 heavy (non-hydrogen) atoms. The first-order valence-electron chi connectivity index (χ1n) is 5.74. The van der Waals surface area contributed by atoms with Crippen molar-refractivity contribution in [1.82, 2.24) is 4.98 Å². The summed E-state index contributed by atoms with van der Waals surface area (Å²) in [6.45, 7) is 3.56. The van der Waals surface area contributed by atoms with E-state index in [1.54, 1.807) is 6.92 Å². The molecule has 0 radical (unpaired) electrons. The first-order chi connectivity index (χ1) is 9.01. The predicted octanol–water partition coefficient (Wildman–Crippen LogP) is 3.75. The maximum absolute atomic E-state index is 13.2. The van der Waals surface area contributed by atoms with Gasteiger partial charge in [-0.2, -0.15) is 0 Å². The topological polar surface area (TPSA) is 42.0 Å². The van der Waals surface area contributed by atoms with Gasteiger partial charge in [0.25, 0.3) is 0 Å². The fourth-order valence-corrected chi connectivity index (χ4v) is 2.42. The van der Waals surface area contributed by atoms with E-state index in [9.17, 15) is 13.6 Å². The van der Waals surface area contributed by atoms with E-state index in [0.29, 0.717) is 22.8 Å². The molecule has 1 amide bonds. The zero-order valence-electron chi connectivity index (χ0n) is 10.5. The van der Waals surface area contributed by atoms with E-state index < -0.39 is 11.6 Å². The second-order valence-electron chi connectivity index (χ2n) is 3.95. The van der Waals surface area contributed by atoms with E-state index in [4.69, 9.17) is 0 Å². The number of rotatable bonds is 3. The van der Waals surface area contributed by atoms with Gasteiger partial charge in [0, 0.05) is 16.9 Å². The Balaban J connectivity index is 2.34. The molecular formula is C13H12F2N2OS. The molecule has 2 aromatic rings. The van der Waals surface area contributed by atoms with Gasteiger partial charge in [0.2, 0.25) is 5.91 Å². The molecule has 2 rings (SSSR count). The fraction of sp³-hybridized carbons (Fsp3) is 0.231. The molecule has 100 valence electrons.